The van der Waals surface area contributed by atoms with E-state index in [2.05, 4.69) is 10.6 Å². The highest BCUT2D eigenvalue weighted by Crippen LogP contribution is 2.23. The Morgan fingerprint density at radius 2 is 1.35 bits per heavy atom. The first-order valence-electron chi connectivity index (χ1n) is 10.6. The Labute approximate surface area is 184 Å². The van der Waals surface area contributed by atoms with Crippen LogP contribution >= 0.6 is 0 Å². The molecule has 0 aliphatic carbocycles. The van der Waals surface area contributed by atoms with Gasteiger partial charge in [-0.25, -0.2) is 0 Å². The quantitative estimate of drug-likeness (QED) is 0.612. The molecule has 7 nitrogen and oxygen atoms in total. The lowest BCUT2D eigenvalue weighted by molar-refractivity contribution is -0.137. The molecule has 0 spiro atoms. The van der Waals surface area contributed by atoms with Gasteiger partial charge < -0.3 is 15.5 Å². The van der Waals surface area contributed by atoms with Crippen molar-refractivity contribution in [1.82, 2.24) is 9.80 Å². The molecule has 0 heterocycles. The first kappa shape index (κ1) is 24.1. The zero-order valence-corrected chi connectivity index (χ0v) is 18.7. The van der Waals surface area contributed by atoms with Crippen molar-refractivity contribution in [3.05, 3.63) is 60.2 Å². The summed E-state index contributed by atoms with van der Waals surface area (Å²) in [4.78, 5) is 40.9. The fourth-order valence-electron chi connectivity index (χ4n) is 3.46. The van der Waals surface area contributed by atoms with Gasteiger partial charge in [-0.3, -0.25) is 19.3 Å². The average Bonchev–Trinajstić information content (AvgIpc) is 2.76. The number of nitrogens with zero attached hydrogens (tertiary/aromatic N) is 2. The monoisotopic (exact) mass is 424 g/mol. The van der Waals surface area contributed by atoms with Crippen LogP contribution in [0.2, 0.25) is 0 Å². The first-order chi connectivity index (χ1) is 14.9. The van der Waals surface area contributed by atoms with Gasteiger partial charge in [-0.05, 0) is 50.2 Å². The summed E-state index contributed by atoms with van der Waals surface area (Å²) in [5.41, 5.74) is 2.16. The van der Waals surface area contributed by atoms with Crippen LogP contribution in [-0.4, -0.2) is 53.7 Å². The molecule has 0 saturated carbocycles. The third-order valence-corrected chi connectivity index (χ3v) is 5.03. The second-order valence-corrected chi connectivity index (χ2v) is 7.19. The SMILES string of the molecule is CCN(CC)C(=O)[C@H](c1ccccc1)N(CC)CC(=O)Nc1ccc(NC(C)=O)cc1. The third kappa shape index (κ3) is 6.93. The summed E-state index contributed by atoms with van der Waals surface area (Å²) in [5, 5.41) is 5.56. The van der Waals surface area contributed by atoms with Crippen LogP contribution in [0.4, 0.5) is 11.4 Å². The average molecular weight is 425 g/mol. The van der Waals surface area contributed by atoms with E-state index >= 15 is 0 Å². The number of carbonyl (C=O) groups is 3. The van der Waals surface area contributed by atoms with Crippen LogP contribution in [0, 0.1) is 0 Å². The second-order valence-electron chi connectivity index (χ2n) is 7.19. The molecule has 2 N–H and O–H groups in total. The molecule has 2 rings (SSSR count). The van der Waals surface area contributed by atoms with Gasteiger partial charge in [0.2, 0.25) is 17.7 Å². The minimum Gasteiger partial charge on any atom is -0.342 e. The Morgan fingerprint density at radius 1 is 0.806 bits per heavy atom. The molecule has 31 heavy (non-hydrogen) atoms. The number of carbonyl (C=O) groups excluding carboxylic acids is 3. The minimum absolute atomic E-state index is 0.00879. The second kappa shape index (κ2) is 11.9. The maximum absolute atomic E-state index is 13.3. The largest absolute Gasteiger partial charge is 0.342 e. The zero-order chi connectivity index (χ0) is 22.8. The van der Waals surface area contributed by atoms with E-state index in [1.807, 2.05) is 56.0 Å². The van der Waals surface area contributed by atoms with Crippen molar-refractivity contribution in [3.63, 3.8) is 0 Å². The normalized spacial score (nSPS) is 11.6. The van der Waals surface area contributed by atoms with Crippen LogP contribution in [0.1, 0.15) is 39.3 Å². The molecule has 166 valence electrons. The van der Waals surface area contributed by atoms with Crippen LogP contribution < -0.4 is 10.6 Å². The smallest absolute Gasteiger partial charge is 0.244 e. The maximum atomic E-state index is 13.3. The Bertz CT molecular complexity index is 864. The van der Waals surface area contributed by atoms with Crippen LogP contribution in [0.15, 0.2) is 54.6 Å². The van der Waals surface area contributed by atoms with Gasteiger partial charge in [0.1, 0.15) is 6.04 Å². The Hall–Kier alpha value is -3.19. The maximum Gasteiger partial charge on any atom is 0.244 e. The summed E-state index contributed by atoms with van der Waals surface area (Å²) in [7, 11) is 0. The van der Waals surface area contributed by atoms with Crippen molar-refractivity contribution < 1.29 is 14.4 Å². The van der Waals surface area contributed by atoms with E-state index in [1.165, 1.54) is 6.92 Å². The standard InChI is InChI=1S/C24H32N4O3/c1-5-27(6-2)24(31)23(19-11-9-8-10-12-19)28(7-3)17-22(30)26-21-15-13-20(14-16-21)25-18(4)29/h8-16,23H,5-7,17H2,1-4H3,(H,25,29)(H,26,30)/t23-/m0/s1. The molecular formula is C24H32N4O3. The van der Waals surface area contributed by atoms with Crippen molar-refractivity contribution in [2.24, 2.45) is 0 Å². The van der Waals surface area contributed by atoms with Crippen LogP contribution in [0.25, 0.3) is 0 Å². The molecule has 1 atom stereocenters. The van der Waals surface area contributed by atoms with Gasteiger partial charge >= 0.3 is 0 Å². The molecule has 2 aromatic rings. The lowest BCUT2D eigenvalue weighted by Gasteiger charge is -2.33. The topological polar surface area (TPSA) is 81.8 Å². The van der Waals surface area contributed by atoms with E-state index in [0.29, 0.717) is 31.0 Å². The number of hydrogen-bond acceptors (Lipinski definition) is 4. The van der Waals surface area contributed by atoms with Crippen molar-refractivity contribution in [1.29, 1.82) is 0 Å². The molecule has 0 aliphatic rings. The molecule has 0 radical (unpaired) electrons. The van der Waals surface area contributed by atoms with Gasteiger partial charge in [-0.1, -0.05) is 37.3 Å². The molecule has 3 amide bonds. The van der Waals surface area contributed by atoms with E-state index in [0.717, 1.165) is 5.56 Å². The Kier molecular flexibility index (Phi) is 9.21. The molecule has 0 aliphatic heterocycles. The summed E-state index contributed by atoms with van der Waals surface area (Å²) in [6.45, 7) is 9.15. The number of nitrogens with one attached hydrogen (secondary N) is 2. The molecule has 0 unspecified atom stereocenters. The van der Waals surface area contributed by atoms with E-state index in [9.17, 15) is 14.4 Å². The summed E-state index contributed by atoms with van der Waals surface area (Å²) in [5.74, 6) is -0.367. The number of anilines is 2. The summed E-state index contributed by atoms with van der Waals surface area (Å²) in [6.07, 6.45) is 0. The van der Waals surface area contributed by atoms with Crippen molar-refractivity contribution in [2.45, 2.75) is 33.7 Å². The van der Waals surface area contributed by atoms with Gasteiger partial charge in [0, 0.05) is 31.4 Å². The Morgan fingerprint density at radius 3 is 1.84 bits per heavy atom. The first-order valence-corrected chi connectivity index (χ1v) is 10.6. The zero-order valence-electron chi connectivity index (χ0n) is 18.7. The third-order valence-electron chi connectivity index (χ3n) is 5.03. The van der Waals surface area contributed by atoms with Crippen LogP contribution in [0.3, 0.4) is 0 Å². The molecule has 2 aromatic carbocycles. The van der Waals surface area contributed by atoms with Gasteiger partial charge in [0.05, 0.1) is 6.54 Å². The minimum atomic E-state index is -0.529. The molecule has 0 aromatic heterocycles. The van der Waals surface area contributed by atoms with E-state index in [1.54, 1.807) is 29.2 Å². The lowest BCUT2D eigenvalue weighted by atomic mass is 10.0. The van der Waals surface area contributed by atoms with Crippen molar-refractivity contribution in [3.8, 4) is 0 Å². The number of likely N-dealkylation sites (N-methyl/N-ethyl adjacent to an activating group) is 2. The predicted octanol–water partition coefficient (Wildman–Crippen LogP) is 3.52. The lowest BCUT2D eigenvalue weighted by Crippen LogP contribution is -2.45. The summed E-state index contributed by atoms with van der Waals surface area (Å²) in [6, 6.07) is 16.0. The Balaban J connectivity index is 2.17. The van der Waals surface area contributed by atoms with Crippen molar-refractivity contribution >= 4 is 29.1 Å². The number of rotatable bonds is 10. The molecule has 7 heteroatoms. The van der Waals surface area contributed by atoms with Crippen LogP contribution in [0.5, 0.6) is 0 Å². The molecule has 0 bridgehead atoms. The molecular weight excluding hydrogens is 392 g/mol. The van der Waals surface area contributed by atoms with E-state index in [4.69, 9.17) is 0 Å². The molecule has 0 saturated heterocycles. The van der Waals surface area contributed by atoms with E-state index in [-0.39, 0.29) is 24.3 Å². The van der Waals surface area contributed by atoms with Gasteiger partial charge in [0.25, 0.3) is 0 Å². The van der Waals surface area contributed by atoms with Crippen LogP contribution in [-0.2, 0) is 14.4 Å². The van der Waals surface area contributed by atoms with E-state index < -0.39 is 6.04 Å². The van der Waals surface area contributed by atoms with Gasteiger partial charge in [-0.15, -0.1) is 0 Å². The number of hydrogen-bond donors (Lipinski definition) is 2. The summed E-state index contributed by atoms with van der Waals surface area (Å²) >= 11 is 0. The number of benzene rings is 2. The highest BCUT2D eigenvalue weighted by Gasteiger charge is 2.30. The summed E-state index contributed by atoms with van der Waals surface area (Å²) < 4.78 is 0. The highest BCUT2D eigenvalue weighted by atomic mass is 16.2. The fraction of sp³-hybridized carbons (Fsp3) is 0.375. The fourth-order valence-corrected chi connectivity index (χ4v) is 3.46. The van der Waals surface area contributed by atoms with Gasteiger partial charge in [-0.2, -0.15) is 0 Å². The van der Waals surface area contributed by atoms with Gasteiger partial charge in [0.15, 0.2) is 0 Å². The highest BCUT2D eigenvalue weighted by molar-refractivity contribution is 5.94. The predicted molar refractivity (Wildman–Crippen MR) is 124 cm³/mol. The number of amides is 3. The molecule has 0 fully saturated rings. The van der Waals surface area contributed by atoms with Crippen molar-refractivity contribution in [2.75, 3.05) is 36.8 Å².